The number of rotatable bonds is 4. The van der Waals surface area contributed by atoms with Crippen molar-refractivity contribution in [1.82, 2.24) is 14.9 Å². The Hall–Kier alpha value is -1.53. The molecule has 3 rings (SSSR count). The van der Waals surface area contributed by atoms with Crippen LogP contribution in [-0.4, -0.2) is 63.1 Å². The lowest BCUT2D eigenvalue weighted by molar-refractivity contribution is -0.131. The number of aromatic nitrogens is 2. The van der Waals surface area contributed by atoms with Gasteiger partial charge in [-0.1, -0.05) is 0 Å². The number of hydrogen-bond donors (Lipinski definition) is 1. The second-order valence-electron chi connectivity index (χ2n) is 9.35. The molecule has 2 fully saturated rings. The van der Waals surface area contributed by atoms with E-state index in [4.69, 9.17) is 0 Å². The zero-order chi connectivity index (χ0) is 19.7. The van der Waals surface area contributed by atoms with Crippen molar-refractivity contribution in [3.63, 3.8) is 0 Å². The molecule has 0 aliphatic carbocycles. The summed E-state index contributed by atoms with van der Waals surface area (Å²) >= 11 is 0. The first kappa shape index (κ1) is 20.2. The van der Waals surface area contributed by atoms with Crippen LogP contribution in [0.5, 0.6) is 0 Å². The summed E-state index contributed by atoms with van der Waals surface area (Å²) in [5.74, 6) is 1.03. The van der Waals surface area contributed by atoms with Gasteiger partial charge in [-0.3, -0.25) is 9.69 Å². The van der Waals surface area contributed by atoms with Crippen LogP contribution in [0.2, 0.25) is 0 Å². The van der Waals surface area contributed by atoms with Crippen molar-refractivity contribution in [2.75, 3.05) is 31.1 Å². The summed E-state index contributed by atoms with van der Waals surface area (Å²) in [5, 5.41) is 10.9. The Morgan fingerprint density at radius 3 is 2.22 bits per heavy atom. The van der Waals surface area contributed by atoms with Crippen LogP contribution in [0.25, 0.3) is 0 Å². The molecule has 0 saturated carbocycles. The molecular weight excluding hydrogens is 340 g/mol. The molecule has 1 N–H and O–H groups in total. The van der Waals surface area contributed by atoms with E-state index >= 15 is 0 Å². The number of hydrogen-bond acceptors (Lipinski definition) is 6. The fourth-order valence-electron chi connectivity index (χ4n) is 4.19. The molecule has 0 amide bonds. The van der Waals surface area contributed by atoms with E-state index in [0.29, 0.717) is 19.3 Å². The molecule has 6 nitrogen and oxygen atoms in total. The molecule has 0 radical (unpaired) electrons. The topological polar surface area (TPSA) is 69.6 Å². The van der Waals surface area contributed by atoms with Crippen molar-refractivity contribution in [3.8, 4) is 0 Å². The van der Waals surface area contributed by atoms with E-state index in [-0.39, 0.29) is 17.2 Å². The van der Waals surface area contributed by atoms with Crippen LogP contribution in [0.1, 0.15) is 58.4 Å². The molecule has 6 heteroatoms. The van der Waals surface area contributed by atoms with Crippen LogP contribution in [0, 0.1) is 12.8 Å². The van der Waals surface area contributed by atoms with Crippen LogP contribution in [0.15, 0.2) is 12.4 Å². The molecule has 2 aliphatic heterocycles. The number of piperidine rings is 2. The maximum Gasteiger partial charge on any atom is 0.225 e. The van der Waals surface area contributed by atoms with Crippen LogP contribution < -0.4 is 4.90 Å². The first-order valence-electron chi connectivity index (χ1n) is 10.2. The van der Waals surface area contributed by atoms with Crippen LogP contribution >= 0.6 is 0 Å². The number of carbonyl (C=O) groups excluding carboxylic acids is 1. The van der Waals surface area contributed by atoms with Crippen LogP contribution in [0.4, 0.5) is 5.95 Å². The van der Waals surface area contributed by atoms with E-state index in [9.17, 15) is 9.90 Å². The third-order valence-electron chi connectivity index (χ3n) is 6.15. The molecule has 3 heterocycles. The fraction of sp³-hybridized carbons (Fsp3) is 0.762. The minimum Gasteiger partial charge on any atom is -0.389 e. The Kier molecular flexibility index (Phi) is 5.87. The SMILES string of the molecule is Cc1cnc(N2CCC(C(=O)CC3(O)CCN(C(C)(C)C)CC3)CC2)nc1. The zero-order valence-corrected chi connectivity index (χ0v) is 17.2. The smallest absolute Gasteiger partial charge is 0.225 e. The van der Waals surface area contributed by atoms with Crippen molar-refractivity contribution in [1.29, 1.82) is 0 Å². The van der Waals surface area contributed by atoms with Gasteiger partial charge in [-0.05, 0) is 58.9 Å². The molecule has 0 spiro atoms. The Labute approximate surface area is 163 Å². The van der Waals surface area contributed by atoms with E-state index in [0.717, 1.165) is 50.5 Å². The second-order valence-corrected chi connectivity index (χ2v) is 9.35. The third kappa shape index (κ3) is 5.05. The van der Waals surface area contributed by atoms with Crippen molar-refractivity contribution in [3.05, 3.63) is 18.0 Å². The molecule has 150 valence electrons. The normalized spacial score (nSPS) is 22.0. The van der Waals surface area contributed by atoms with Gasteiger partial charge < -0.3 is 10.0 Å². The molecule has 0 bridgehead atoms. The number of anilines is 1. The number of aliphatic hydroxyl groups is 1. The van der Waals surface area contributed by atoms with E-state index in [1.54, 1.807) is 0 Å². The highest BCUT2D eigenvalue weighted by atomic mass is 16.3. The summed E-state index contributed by atoms with van der Waals surface area (Å²) < 4.78 is 0. The van der Waals surface area contributed by atoms with Crippen molar-refractivity contribution in [2.45, 2.75) is 70.9 Å². The molecule has 1 aromatic rings. The molecule has 27 heavy (non-hydrogen) atoms. The maximum atomic E-state index is 12.8. The lowest BCUT2D eigenvalue weighted by Gasteiger charge is -2.44. The molecule has 1 aromatic heterocycles. The Morgan fingerprint density at radius 1 is 1.15 bits per heavy atom. The van der Waals surface area contributed by atoms with E-state index in [2.05, 4.69) is 40.5 Å². The van der Waals surface area contributed by atoms with Crippen molar-refractivity contribution < 1.29 is 9.90 Å². The summed E-state index contributed by atoms with van der Waals surface area (Å²) in [6.07, 6.45) is 6.98. The minimum atomic E-state index is -0.823. The largest absolute Gasteiger partial charge is 0.389 e. The molecule has 0 atom stereocenters. The van der Waals surface area contributed by atoms with Crippen LogP contribution in [-0.2, 0) is 4.79 Å². The fourth-order valence-corrected chi connectivity index (χ4v) is 4.19. The predicted molar refractivity (Wildman–Crippen MR) is 107 cm³/mol. The van der Waals surface area contributed by atoms with Gasteiger partial charge >= 0.3 is 0 Å². The summed E-state index contributed by atoms with van der Waals surface area (Å²) in [6, 6.07) is 0. The van der Waals surface area contributed by atoms with Gasteiger partial charge in [-0.25, -0.2) is 9.97 Å². The average Bonchev–Trinajstić information content (AvgIpc) is 2.62. The summed E-state index contributed by atoms with van der Waals surface area (Å²) in [6.45, 7) is 11.9. The number of Topliss-reactive ketones (excluding diaryl/α,β-unsaturated/α-hetero) is 1. The molecule has 2 aliphatic rings. The minimum absolute atomic E-state index is 0.0522. The lowest BCUT2D eigenvalue weighted by atomic mass is 9.80. The summed E-state index contributed by atoms with van der Waals surface area (Å²) in [4.78, 5) is 26.1. The van der Waals surface area contributed by atoms with E-state index < -0.39 is 5.60 Å². The lowest BCUT2D eigenvalue weighted by Crippen LogP contribution is -2.52. The first-order valence-corrected chi connectivity index (χ1v) is 10.2. The van der Waals surface area contributed by atoms with Crippen molar-refractivity contribution >= 4 is 11.7 Å². The number of ketones is 1. The number of aryl methyl sites for hydroxylation is 1. The zero-order valence-electron chi connectivity index (χ0n) is 17.2. The standard InChI is InChI=1S/C21H34N4O2/c1-16-14-22-19(23-15-16)24-9-5-17(6-10-24)18(26)13-21(27)7-11-25(12-8-21)20(2,3)4/h14-15,17,27H,5-13H2,1-4H3. The number of carbonyl (C=O) groups is 1. The van der Waals surface area contributed by atoms with Gasteiger partial charge in [-0.15, -0.1) is 0 Å². The van der Waals surface area contributed by atoms with Crippen LogP contribution in [0.3, 0.4) is 0 Å². The highest BCUT2D eigenvalue weighted by Crippen LogP contribution is 2.32. The molecule has 2 saturated heterocycles. The number of likely N-dealkylation sites (tertiary alicyclic amines) is 1. The van der Waals surface area contributed by atoms with Gasteiger partial charge in [0.1, 0.15) is 5.78 Å². The Balaban J connectivity index is 1.49. The highest BCUT2D eigenvalue weighted by molar-refractivity contribution is 5.82. The van der Waals surface area contributed by atoms with Gasteiger partial charge in [0.05, 0.1) is 5.60 Å². The average molecular weight is 375 g/mol. The van der Waals surface area contributed by atoms with Gasteiger partial charge in [0.2, 0.25) is 5.95 Å². The second kappa shape index (κ2) is 7.84. The molecule has 0 unspecified atom stereocenters. The van der Waals surface area contributed by atoms with Gasteiger partial charge in [0.15, 0.2) is 0 Å². The highest BCUT2D eigenvalue weighted by Gasteiger charge is 2.39. The summed E-state index contributed by atoms with van der Waals surface area (Å²) in [7, 11) is 0. The molecule has 0 aromatic carbocycles. The third-order valence-corrected chi connectivity index (χ3v) is 6.15. The maximum absolute atomic E-state index is 12.8. The predicted octanol–water partition coefficient (Wildman–Crippen LogP) is 2.59. The van der Waals surface area contributed by atoms with E-state index in [1.807, 2.05) is 19.3 Å². The van der Waals surface area contributed by atoms with E-state index in [1.165, 1.54) is 0 Å². The summed E-state index contributed by atoms with van der Waals surface area (Å²) in [5.41, 5.74) is 0.348. The van der Waals surface area contributed by atoms with Gasteiger partial charge in [0, 0.05) is 56.5 Å². The molecular formula is C21H34N4O2. The number of nitrogens with zero attached hydrogens (tertiary/aromatic N) is 4. The van der Waals surface area contributed by atoms with Gasteiger partial charge in [-0.2, -0.15) is 0 Å². The first-order chi connectivity index (χ1) is 12.7. The Morgan fingerprint density at radius 2 is 1.70 bits per heavy atom. The Bertz CT molecular complexity index is 637. The van der Waals surface area contributed by atoms with Gasteiger partial charge in [0.25, 0.3) is 0 Å². The monoisotopic (exact) mass is 374 g/mol. The quantitative estimate of drug-likeness (QED) is 0.874. The van der Waals surface area contributed by atoms with Crippen molar-refractivity contribution in [2.24, 2.45) is 5.92 Å².